The fourth-order valence-corrected chi connectivity index (χ4v) is 3.21. The molecule has 132 valence electrons. The lowest BCUT2D eigenvalue weighted by atomic mass is 9.88. The van der Waals surface area contributed by atoms with E-state index in [9.17, 15) is 9.59 Å². The zero-order valence-electron chi connectivity index (χ0n) is 14.5. The molecule has 6 nitrogen and oxygen atoms in total. The highest BCUT2D eigenvalue weighted by Crippen LogP contribution is 2.25. The van der Waals surface area contributed by atoms with Crippen molar-refractivity contribution >= 4 is 17.5 Å². The minimum atomic E-state index is -0.218. The van der Waals surface area contributed by atoms with Gasteiger partial charge in [0, 0.05) is 37.6 Å². The Morgan fingerprint density at radius 2 is 2.04 bits per heavy atom. The third-order valence-electron chi connectivity index (χ3n) is 4.65. The minimum Gasteiger partial charge on any atom is -0.345 e. The molecular weight excluding hydrogens is 316 g/mol. The number of amides is 2. The zero-order chi connectivity index (χ0) is 17.6. The second-order valence-electron chi connectivity index (χ2n) is 6.57. The molecule has 2 N–H and O–H groups in total. The van der Waals surface area contributed by atoms with Crippen molar-refractivity contribution in [1.82, 2.24) is 14.9 Å². The highest BCUT2D eigenvalue weighted by Gasteiger charge is 2.21. The summed E-state index contributed by atoms with van der Waals surface area (Å²) in [6, 6.07) is 7.60. The summed E-state index contributed by atoms with van der Waals surface area (Å²) in [5, 5.41) is 5.86. The van der Waals surface area contributed by atoms with Gasteiger partial charge in [-0.1, -0.05) is 31.4 Å². The van der Waals surface area contributed by atoms with Crippen LogP contribution in [-0.4, -0.2) is 21.4 Å². The van der Waals surface area contributed by atoms with E-state index in [2.05, 4.69) is 15.6 Å². The number of carbonyl (C=O) groups excluding carboxylic acids is 2. The number of nitrogens with one attached hydrogen (secondary N) is 2. The zero-order valence-corrected chi connectivity index (χ0v) is 14.5. The molecule has 1 aliphatic rings. The van der Waals surface area contributed by atoms with Crippen LogP contribution in [0.2, 0.25) is 0 Å². The maximum Gasteiger partial charge on any atom is 0.287 e. The molecule has 0 unspecified atom stereocenters. The van der Waals surface area contributed by atoms with Gasteiger partial charge in [-0.3, -0.25) is 9.59 Å². The molecule has 1 aromatic carbocycles. The van der Waals surface area contributed by atoms with Crippen molar-refractivity contribution in [2.75, 3.05) is 5.32 Å². The molecule has 1 saturated carbocycles. The lowest BCUT2D eigenvalue weighted by molar-refractivity contribution is -0.120. The first-order chi connectivity index (χ1) is 12.1. The molecule has 6 heteroatoms. The molecule has 0 aliphatic heterocycles. The predicted molar refractivity (Wildman–Crippen MR) is 96.0 cm³/mol. The molecule has 0 saturated heterocycles. The lowest BCUT2D eigenvalue weighted by Gasteiger charge is -2.20. The first-order valence-electron chi connectivity index (χ1n) is 8.79. The van der Waals surface area contributed by atoms with Gasteiger partial charge in [-0.05, 0) is 30.5 Å². The molecule has 3 rings (SSSR count). The van der Waals surface area contributed by atoms with E-state index < -0.39 is 0 Å². The van der Waals surface area contributed by atoms with Crippen molar-refractivity contribution in [2.24, 2.45) is 13.0 Å². The van der Waals surface area contributed by atoms with Gasteiger partial charge in [0.2, 0.25) is 5.91 Å². The SMILES string of the molecule is Cn1ccnc1C(=O)NCc1cccc(NC(=O)C2CCCCC2)c1. The maximum absolute atomic E-state index is 12.3. The van der Waals surface area contributed by atoms with Crippen LogP contribution < -0.4 is 10.6 Å². The second kappa shape index (κ2) is 7.96. The van der Waals surface area contributed by atoms with Gasteiger partial charge in [0.25, 0.3) is 5.91 Å². The number of rotatable bonds is 5. The number of anilines is 1. The van der Waals surface area contributed by atoms with E-state index in [1.165, 1.54) is 6.42 Å². The number of nitrogens with zero attached hydrogens (tertiary/aromatic N) is 2. The second-order valence-corrected chi connectivity index (χ2v) is 6.57. The molecule has 2 aromatic rings. The van der Waals surface area contributed by atoms with E-state index in [0.29, 0.717) is 12.4 Å². The van der Waals surface area contributed by atoms with Gasteiger partial charge in [-0.25, -0.2) is 4.98 Å². The average Bonchev–Trinajstić information content (AvgIpc) is 3.07. The molecule has 1 aromatic heterocycles. The van der Waals surface area contributed by atoms with Crippen molar-refractivity contribution in [2.45, 2.75) is 38.6 Å². The van der Waals surface area contributed by atoms with Gasteiger partial charge < -0.3 is 15.2 Å². The largest absolute Gasteiger partial charge is 0.345 e. The quantitative estimate of drug-likeness (QED) is 0.879. The van der Waals surface area contributed by atoms with Crippen LogP contribution in [-0.2, 0) is 18.4 Å². The summed E-state index contributed by atoms with van der Waals surface area (Å²) in [4.78, 5) is 28.5. The number of imidazole rings is 1. The van der Waals surface area contributed by atoms with Crippen LogP contribution in [0, 0.1) is 5.92 Å². The van der Waals surface area contributed by atoms with Gasteiger partial charge >= 0.3 is 0 Å². The summed E-state index contributed by atoms with van der Waals surface area (Å²) < 4.78 is 1.68. The Hall–Kier alpha value is -2.63. The number of carbonyl (C=O) groups is 2. The Morgan fingerprint density at radius 3 is 2.76 bits per heavy atom. The predicted octanol–water partition coefficient (Wildman–Crippen LogP) is 2.87. The van der Waals surface area contributed by atoms with E-state index in [1.807, 2.05) is 24.3 Å². The van der Waals surface area contributed by atoms with Crippen molar-refractivity contribution in [3.8, 4) is 0 Å². The van der Waals surface area contributed by atoms with Crippen LogP contribution in [0.3, 0.4) is 0 Å². The topological polar surface area (TPSA) is 76.0 Å². The number of aromatic nitrogens is 2. The van der Waals surface area contributed by atoms with Gasteiger partial charge in [0.15, 0.2) is 5.82 Å². The number of hydrogen-bond donors (Lipinski definition) is 2. The maximum atomic E-state index is 12.3. The highest BCUT2D eigenvalue weighted by atomic mass is 16.2. The molecule has 0 bridgehead atoms. The van der Waals surface area contributed by atoms with Crippen LogP contribution in [0.25, 0.3) is 0 Å². The summed E-state index contributed by atoms with van der Waals surface area (Å²) >= 11 is 0. The third kappa shape index (κ3) is 4.47. The first-order valence-corrected chi connectivity index (χ1v) is 8.79. The molecule has 1 heterocycles. The summed E-state index contributed by atoms with van der Waals surface area (Å²) in [7, 11) is 1.78. The molecule has 1 aliphatic carbocycles. The fourth-order valence-electron chi connectivity index (χ4n) is 3.21. The van der Waals surface area contributed by atoms with Crippen molar-refractivity contribution in [1.29, 1.82) is 0 Å². The van der Waals surface area contributed by atoms with E-state index in [0.717, 1.165) is 36.9 Å². The number of aryl methyl sites for hydroxylation is 1. The van der Waals surface area contributed by atoms with Crippen LogP contribution in [0.1, 0.15) is 48.3 Å². The van der Waals surface area contributed by atoms with E-state index >= 15 is 0 Å². The van der Waals surface area contributed by atoms with Crippen LogP contribution >= 0.6 is 0 Å². The molecule has 25 heavy (non-hydrogen) atoms. The standard InChI is InChI=1S/C19H24N4O2/c1-23-11-10-20-17(23)19(25)21-13-14-6-5-9-16(12-14)22-18(24)15-7-3-2-4-8-15/h5-6,9-12,15H,2-4,7-8,13H2,1H3,(H,21,25)(H,22,24). The van der Waals surface area contributed by atoms with Crippen LogP contribution in [0.5, 0.6) is 0 Å². The Balaban J connectivity index is 1.56. The van der Waals surface area contributed by atoms with Crippen LogP contribution in [0.15, 0.2) is 36.7 Å². The highest BCUT2D eigenvalue weighted by molar-refractivity contribution is 5.93. The van der Waals surface area contributed by atoms with E-state index in [1.54, 1.807) is 24.0 Å². The molecular formula is C19H24N4O2. The van der Waals surface area contributed by atoms with Crippen molar-refractivity contribution in [3.05, 3.63) is 48.0 Å². The summed E-state index contributed by atoms with van der Waals surface area (Å²) in [5.41, 5.74) is 1.71. The minimum absolute atomic E-state index is 0.105. The summed E-state index contributed by atoms with van der Waals surface area (Å²) in [6.07, 6.45) is 8.78. The monoisotopic (exact) mass is 340 g/mol. The first kappa shape index (κ1) is 17.2. The Bertz CT molecular complexity index is 747. The van der Waals surface area contributed by atoms with E-state index in [4.69, 9.17) is 0 Å². The average molecular weight is 340 g/mol. The molecule has 0 atom stereocenters. The Kier molecular flexibility index (Phi) is 5.48. The smallest absolute Gasteiger partial charge is 0.287 e. The number of hydrogen-bond acceptors (Lipinski definition) is 3. The molecule has 0 spiro atoms. The van der Waals surface area contributed by atoms with Gasteiger partial charge in [0.1, 0.15) is 0 Å². The van der Waals surface area contributed by atoms with Gasteiger partial charge in [0.05, 0.1) is 0 Å². The van der Waals surface area contributed by atoms with Gasteiger partial charge in [-0.2, -0.15) is 0 Å². The molecule has 2 amide bonds. The van der Waals surface area contributed by atoms with Crippen molar-refractivity contribution < 1.29 is 9.59 Å². The Labute approximate surface area is 147 Å². The number of benzene rings is 1. The summed E-state index contributed by atoms with van der Waals surface area (Å²) in [6.45, 7) is 0.388. The van der Waals surface area contributed by atoms with Gasteiger partial charge in [-0.15, -0.1) is 0 Å². The molecule has 0 radical (unpaired) electrons. The molecule has 1 fully saturated rings. The Morgan fingerprint density at radius 1 is 1.24 bits per heavy atom. The normalized spacial score (nSPS) is 14.9. The van der Waals surface area contributed by atoms with Crippen molar-refractivity contribution in [3.63, 3.8) is 0 Å². The summed E-state index contributed by atoms with van der Waals surface area (Å²) in [5.74, 6) is 0.389. The fraction of sp³-hybridized carbons (Fsp3) is 0.421. The lowest BCUT2D eigenvalue weighted by Crippen LogP contribution is -2.26. The van der Waals surface area contributed by atoms with E-state index in [-0.39, 0.29) is 17.7 Å². The third-order valence-corrected chi connectivity index (χ3v) is 4.65. The van der Waals surface area contributed by atoms with Crippen LogP contribution in [0.4, 0.5) is 5.69 Å².